The van der Waals surface area contributed by atoms with Gasteiger partial charge in [0.2, 0.25) is 10.0 Å². The summed E-state index contributed by atoms with van der Waals surface area (Å²) in [6.07, 6.45) is 2.17. The summed E-state index contributed by atoms with van der Waals surface area (Å²) in [5.74, 6) is 0.0544. The first kappa shape index (κ1) is 21.1. The molecule has 146 valence electrons. The second kappa shape index (κ2) is 9.66. The minimum atomic E-state index is -3.70. The molecule has 0 aromatic heterocycles. The number of nitrogens with zero attached hydrogens (tertiary/aromatic N) is 1. The van der Waals surface area contributed by atoms with Crippen molar-refractivity contribution in [3.63, 3.8) is 0 Å². The number of hydrogen-bond acceptors (Lipinski definition) is 5. The van der Waals surface area contributed by atoms with Crippen LogP contribution in [0.1, 0.15) is 23.2 Å². The fraction of sp³-hybridized carbons (Fsp3) is 0.588. The van der Waals surface area contributed by atoms with E-state index >= 15 is 0 Å². The van der Waals surface area contributed by atoms with Crippen LogP contribution in [0.2, 0.25) is 0 Å². The maximum Gasteiger partial charge on any atom is 0.252 e. The molecule has 0 aliphatic carbocycles. The number of carbonyl (C=O) groups is 1. The number of halogens is 1. The van der Waals surface area contributed by atoms with Gasteiger partial charge in [-0.3, -0.25) is 4.79 Å². The SMILES string of the molecule is Cl.O=C(NCC1CCCNC1)c1ccccc1S(=O)(=O)N1CCOCC1. The molecule has 0 spiro atoms. The summed E-state index contributed by atoms with van der Waals surface area (Å²) in [4.78, 5) is 12.7. The number of carbonyl (C=O) groups excluding carboxylic acids is 1. The standard InChI is InChI=1S/C17H25N3O4S.ClH/c21-17(19-13-14-4-3-7-18-12-14)15-5-1-2-6-16(15)25(22,23)20-8-10-24-11-9-20;/h1-2,5-6,14,18H,3-4,7-13H2,(H,19,21);1H. The van der Waals surface area contributed by atoms with Crippen molar-refractivity contribution < 1.29 is 17.9 Å². The number of rotatable bonds is 5. The van der Waals surface area contributed by atoms with E-state index in [0.717, 1.165) is 25.9 Å². The minimum absolute atomic E-state index is 0. The third-order valence-corrected chi connectivity index (χ3v) is 6.63. The summed E-state index contributed by atoms with van der Waals surface area (Å²) >= 11 is 0. The number of amides is 1. The third kappa shape index (κ3) is 4.95. The summed E-state index contributed by atoms with van der Waals surface area (Å²) in [6, 6.07) is 6.41. The lowest BCUT2D eigenvalue weighted by Crippen LogP contribution is -2.42. The van der Waals surface area contributed by atoms with Crippen molar-refractivity contribution in [2.45, 2.75) is 17.7 Å². The molecule has 0 bridgehead atoms. The number of ether oxygens (including phenoxy) is 1. The van der Waals surface area contributed by atoms with E-state index in [2.05, 4.69) is 10.6 Å². The average Bonchev–Trinajstić information content (AvgIpc) is 2.67. The van der Waals surface area contributed by atoms with Crippen LogP contribution in [0.15, 0.2) is 29.2 Å². The normalized spacial score (nSPS) is 21.6. The largest absolute Gasteiger partial charge is 0.379 e. The predicted octanol–water partition coefficient (Wildman–Crippen LogP) is 0.859. The van der Waals surface area contributed by atoms with Crippen LogP contribution in [-0.4, -0.2) is 64.6 Å². The molecule has 1 atom stereocenters. The molecule has 0 saturated carbocycles. The smallest absolute Gasteiger partial charge is 0.252 e. The van der Waals surface area contributed by atoms with Gasteiger partial charge in [-0.05, 0) is 44.0 Å². The molecule has 2 aliphatic rings. The fourth-order valence-corrected chi connectivity index (χ4v) is 4.83. The molecule has 2 saturated heterocycles. The van der Waals surface area contributed by atoms with E-state index < -0.39 is 10.0 Å². The van der Waals surface area contributed by atoms with Gasteiger partial charge in [0, 0.05) is 19.6 Å². The number of hydrogen-bond donors (Lipinski definition) is 2. The van der Waals surface area contributed by atoms with Crippen LogP contribution in [0.4, 0.5) is 0 Å². The van der Waals surface area contributed by atoms with Gasteiger partial charge < -0.3 is 15.4 Å². The highest BCUT2D eigenvalue weighted by atomic mass is 35.5. The van der Waals surface area contributed by atoms with Crippen molar-refractivity contribution >= 4 is 28.3 Å². The van der Waals surface area contributed by atoms with Crippen LogP contribution >= 0.6 is 12.4 Å². The molecule has 26 heavy (non-hydrogen) atoms. The predicted molar refractivity (Wildman–Crippen MR) is 101 cm³/mol. The first-order chi connectivity index (χ1) is 12.1. The van der Waals surface area contributed by atoms with Gasteiger partial charge in [0.25, 0.3) is 5.91 Å². The Hall–Kier alpha value is -1.19. The van der Waals surface area contributed by atoms with Gasteiger partial charge in [0.05, 0.1) is 23.7 Å². The van der Waals surface area contributed by atoms with Crippen molar-refractivity contribution in [3.05, 3.63) is 29.8 Å². The van der Waals surface area contributed by atoms with E-state index in [1.807, 2.05) is 0 Å². The van der Waals surface area contributed by atoms with Crippen LogP contribution in [0, 0.1) is 5.92 Å². The Morgan fingerprint density at radius 1 is 1.27 bits per heavy atom. The van der Waals surface area contributed by atoms with Gasteiger partial charge in [-0.2, -0.15) is 4.31 Å². The molecule has 0 radical (unpaired) electrons. The fourth-order valence-electron chi connectivity index (χ4n) is 3.24. The second-order valence-electron chi connectivity index (χ2n) is 6.44. The number of nitrogens with one attached hydrogen (secondary N) is 2. The molecule has 2 fully saturated rings. The number of benzene rings is 1. The zero-order valence-electron chi connectivity index (χ0n) is 14.6. The van der Waals surface area contributed by atoms with E-state index in [1.165, 1.54) is 10.4 Å². The first-order valence-corrected chi connectivity index (χ1v) is 10.2. The molecule has 2 heterocycles. The van der Waals surface area contributed by atoms with Gasteiger partial charge >= 0.3 is 0 Å². The van der Waals surface area contributed by atoms with E-state index in [4.69, 9.17) is 4.74 Å². The monoisotopic (exact) mass is 403 g/mol. The Morgan fingerprint density at radius 3 is 2.69 bits per heavy atom. The summed E-state index contributed by atoms with van der Waals surface area (Å²) in [5, 5.41) is 6.21. The Bertz CT molecular complexity index is 702. The van der Waals surface area contributed by atoms with E-state index in [-0.39, 0.29) is 28.8 Å². The Kier molecular flexibility index (Phi) is 7.85. The van der Waals surface area contributed by atoms with Gasteiger partial charge in [0.15, 0.2) is 0 Å². The second-order valence-corrected chi connectivity index (χ2v) is 8.34. The van der Waals surface area contributed by atoms with Crippen molar-refractivity contribution in [2.24, 2.45) is 5.92 Å². The lowest BCUT2D eigenvalue weighted by molar-refractivity contribution is 0.0729. The third-order valence-electron chi connectivity index (χ3n) is 4.67. The minimum Gasteiger partial charge on any atom is -0.379 e. The highest BCUT2D eigenvalue weighted by Crippen LogP contribution is 2.21. The molecule has 9 heteroatoms. The Morgan fingerprint density at radius 2 is 2.00 bits per heavy atom. The highest BCUT2D eigenvalue weighted by Gasteiger charge is 2.30. The van der Waals surface area contributed by atoms with Crippen LogP contribution in [0.25, 0.3) is 0 Å². The van der Waals surface area contributed by atoms with Crippen molar-refractivity contribution in [1.29, 1.82) is 0 Å². The average molecular weight is 404 g/mol. The number of piperidine rings is 1. The molecule has 1 amide bonds. The summed E-state index contributed by atoms with van der Waals surface area (Å²) in [6.45, 7) is 3.83. The first-order valence-electron chi connectivity index (χ1n) is 8.75. The summed E-state index contributed by atoms with van der Waals surface area (Å²) in [5.41, 5.74) is 0.206. The van der Waals surface area contributed by atoms with E-state index in [9.17, 15) is 13.2 Å². The van der Waals surface area contributed by atoms with E-state index in [0.29, 0.717) is 38.8 Å². The topological polar surface area (TPSA) is 87.7 Å². The summed E-state index contributed by atoms with van der Waals surface area (Å²) < 4.78 is 32.4. The molecular formula is C17H26ClN3O4S. The molecule has 1 aromatic carbocycles. The maximum absolute atomic E-state index is 12.9. The lowest BCUT2D eigenvalue weighted by Gasteiger charge is -2.27. The Balaban J connectivity index is 0.00000243. The molecule has 2 N–H and O–H groups in total. The van der Waals surface area contributed by atoms with Crippen molar-refractivity contribution in [2.75, 3.05) is 45.9 Å². The molecule has 1 unspecified atom stereocenters. The van der Waals surface area contributed by atoms with E-state index in [1.54, 1.807) is 18.2 Å². The maximum atomic E-state index is 12.9. The van der Waals surface area contributed by atoms with Crippen LogP contribution in [0.3, 0.4) is 0 Å². The lowest BCUT2D eigenvalue weighted by atomic mass is 10.00. The Labute approximate surface area is 160 Å². The van der Waals surface area contributed by atoms with Crippen molar-refractivity contribution in [3.8, 4) is 0 Å². The number of morpholine rings is 1. The van der Waals surface area contributed by atoms with Gasteiger partial charge in [-0.15, -0.1) is 12.4 Å². The zero-order valence-corrected chi connectivity index (χ0v) is 16.3. The van der Waals surface area contributed by atoms with Crippen LogP contribution in [-0.2, 0) is 14.8 Å². The van der Waals surface area contributed by atoms with Crippen LogP contribution < -0.4 is 10.6 Å². The quantitative estimate of drug-likeness (QED) is 0.761. The molecule has 3 rings (SSSR count). The molecule has 2 aliphatic heterocycles. The van der Waals surface area contributed by atoms with Gasteiger partial charge in [0.1, 0.15) is 0 Å². The highest BCUT2D eigenvalue weighted by molar-refractivity contribution is 7.89. The molecular weight excluding hydrogens is 378 g/mol. The molecule has 1 aromatic rings. The number of sulfonamides is 1. The zero-order chi connectivity index (χ0) is 17.7. The molecule has 7 nitrogen and oxygen atoms in total. The van der Waals surface area contributed by atoms with Gasteiger partial charge in [-0.1, -0.05) is 12.1 Å². The van der Waals surface area contributed by atoms with Crippen LogP contribution in [0.5, 0.6) is 0 Å². The van der Waals surface area contributed by atoms with Gasteiger partial charge in [-0.25, -0.2) is 8.42 Å². The van der Waals surface area contributed by atoms with Crippen molar-refractivity contribution in [1.82, 2.24) is 14.9 Å². The summed E-state index contributed by atoms with van der Waals surface area (Å²) in [7, 11) is -3.70.